The van der Waals surface area contributed by atoms with Gasteiger partial charge in [-0.2, -0.15) is 0 Å². The van der Waals surface area contributed by atoms with Crippen LogP contribution in [0.3, 0.4) is 0 Å². The van der Waals surface area contributed by atoms with Gasteiger partial charge in [-0.15, -0.1) is 0 Å². The Labute approximate surface area is 385 Å². The number of fused-ring (bicyclic) bond motifs is 6. The van der Waals surface area contributed by atoms with E-state index >= 15 is 0 Å². The Morgan fingerprint density at radius 2 is 1.11 bits per heavy atom. The van der Waals surface area contributed by atoms with Crippen molar-refractivity contribution in [2.45, 2.75) is 51.4 Å². The highest BCUT2D eigenvalue weighted by Crippen LogP contribution is 2.53. The second-order valence-electron chi connectivity index (χ2n) is 18.2. The molecule has 0 aliphatic heterocycles. The number of allylic oxidation sites excluding steroid dienone is 2. The van der Waals surface area contributed by atoms with Gasteiger partial charge in [0.05, 0.1) is 5.69 Å². The molecule has 2 aliphatic carbocycles. The predicted octanol–water partition coefficient (Wildman–Crippen LogP) is 17.3. The number of benzene rings is 9. The number of hydrogen-bond donors (Lipinski definition) is 0. The predicted molar refractivity (Wildman–Crippen MR) is 276 cm³/mol. The van der Waals surface area contributed by atoms with Crippen molar-refractivity contribution in [1.29, 1.82) is 0 Å². The van der Waals surface area contributed by atoms with E-state index < -0.39 is 0 Å². The lowest BCUT2D eigenvalue weighted by molar-refractivity contribution is 0.660. The molecule has 0 N–H and O–H groups in total. The van der Waals surface area contributed by atoms with Gasteiger partial charge in [0.25, 0.3) is 0 Å². The molecule has 2 aliphatic rings. The van der Waals surface area contributed by atoms with E-state index in [-0.39, 0.29) is 11.3 Å². The Bertz CT molecular complexity index is 3220. The topological polar surface area (TPSA) is 3.24 Å². The van der Waals surface area contributed by atoms with E-state index in [1.807, 2.05) is 0 Å². The van der Waals surface area contributed by atoms with Gasteiger partial charge in [0.2, 0.25) is 0 Å². The normalized spacial score (nSPS) is 13.5. The van der Waals surface area contributed by atoms with Crippen LogP contribution < -0.4 is 4.90 Å². The molecule has 0 radical (unpaired) electrons. The van der Waals surface area contributed by atoms with Crippen molar-refractivity contribution in [2.24, 2.45) is 0 Å². The van der Waals surface area contributed by atoms with Gasteiger partial charge >= 0.3 is 0 Å². The summed E-state index contributed by atoms with van der Waals surface area (Å²) in [5.41, 5.74) is 24.3. The molecule has 0 fully saturated rings. The zero-order chi connectivity index (χ0) is 43.9. The van der Waals surface area contributed by atoms with Crippen LogP contribution in [-0.2, 0) is 18.3 Å². The van der Waals surface area contributed by atoms with Gasteiger partial charge in [0.15, 0.2) is 0 Å². The lowest BCUT2D eigenvalue weighted by Gasteiger charge is -2.32. The van der Waals surface area contributed by atoms with Crippen molar-refractivity contribution in [3.05, 3.63) is 258 Å². The number of hydrogen-bond acceptors (Lipinski definition) is 1. The second-order valence-corrected chi connectivity index (χ2v) is 18.2. The van der Waals surface area contributed by atoms with Gasteiger partial charge in [0.1, 0.15) is 0 Å². The third-order valence-electron chi connectivity index (χ3n) is 14.0. The van der Waals surface area contributed by atoms with Crippen molar-refractivity contribution in [3.63, 3.8) is 0 Å². The van der Waals surface area contributed by atoms with Gasteiger partial charge < -0.3 is 4.90 Å². The van der Waals surface area contributed by atoms with Crippen LogP contribution >= 0.6 is 0 Å². The molecular weight excluding hydrogens is 783 g/mol. The van der Waals surface area contributed by atoms with Gasteiger partial charge in [-0.25, -0.2) is 0 Å². The van der Waals surface area contributed by atoms with Crippen LogP contribution in [0.5, 0.6) is 0 Å². The van der Waals surface area contributed by atoms with E-state index in [0.717, 1.165) is 36.3 Å². The summed E-state index contributed by atoms with van der Waals surface area (Å²) in [6, 6.07) is 79.0. The molecule has 314 valence electrons. The van der Waals surface area contributed by atoms with Crippen molar-refractivity contribution in [1.82, 2.24) is 0 Å². The molecule has 0 saturated carbocycles. The molecule has 9 aromatic carbocycles. The third-order valence-corrected chi connectivity index (χ3v) is 14.0. The highest BCUT2D eigenvalue weighted by molar-refractivity contribution is 5.99. The minimum Gasteiger partial charge on any atom is -0.310 e. The average Bonchev–Trinajstić information content (AvgIpc) is 3.86. The molecule has 1 heteroatoms. The summed E-state index contributed by atoms with van der Waals surface area (Å²) in [4.78, 5) is 2.53. The van der Waals surface area contributed by atoms with E-state index in [2.05, 4.69) is 250 Å². The molecule has 1 unspecified atom stereocenters. The number of anilines is 3. The summed E-state index contributed by atoms with van der Waals surface area (Å²) < 4.78 is 0. The first-order chi connectivity index (χ1) is 32.0. The summed E-state index contributed by atoms with van der Waals surface area (Å²) >= 11 is 0. The average molecular weight is 836 g/mol. The lowest BCUT2D eigenvalue weighted by Crippen LogP contribution is -2.17. The second kappa shape index (κ2) is 16.9. The molecule has 65 heavy (non-hydrogen) atoms. The summed E-state index contributed by atoms with van der Waals surface area (Å²) in [5.74, 6) is 0.146. The van der Waals surface area contributed by atoms with Crippen LogP contribution in [0.25, 0.3) is 55.6 Å². The Morgan fingerprint density at radius 3 is 1.92 bits per heavy atom. The van der Waals surface area contributed by atoms with Gasteiger partial charge in [0, 0.05) is 28.3 Å². The maximum atomic E-state index is 2.53. The first-order valence-electron chi connectivity index (χ1n) is 23.3. The summed E-state index contributed by atoms with van der Waals surface area (Å²) in [6.07, 6.45) is 7.72. The number of rotatable bonds is 11. The monoisotopic (exact) mass is 835 g/mol. The highest BCUT2D eigenvalue weighted by Gasteiger charge is 2.36. The lowest BCUT2D eigenvalue weighted by atomic mass is 9.81. The van der Waals surface area contributed by atoms with Crippen molar-refractivity contribution >= 4 is 17.1 Å². The molecule has 0 heterocycles. The Kier molecular flexibility index (Phi) is 10.5. The minimum atomic E-state index is -0.154. The fourth-order valence-corrected chi connectivity index (χ4v) is 10.9. The van der Waals surface area contributed by atoms with Crippen molar-refractivity contribution in [2.75, 3.05) is 4.90 Å². The highest BCUT2D eigenvalue weighted by atomic mass is 15.1. The molecular formula is C64H53N. The van der Waals surface area contributed by atoms with Crippen LogP contribution in [0.4, 0.5) is 17.1 Å². The maximum absolute atomic E-state index is 2.53. The largest absolute Gasteiger partial charge is 0.310 e. The Morgan fingerprint density at radius 1 is 0.492 bits per heavy atom. The summed E-state index contributed by atoms with van der Waals surface area (Å²) in [5, 5.41) is 0. The number of nitrogens with zero attached hydrogens (tertiary/aromatic N) is 1. The van der Waals surface area contributed by atoms with E-state index in [1.54, 1.807) is 0 Å². The van der Waals surface area contributed by atoms with Crippen LogP contribution in [0.1, 0.15) is 66.5 Å². The Hall–Kier alpha value is -7.48. The smallest absolute Gasteiger partial charge is 0.0546 e. The first kappa shape index (κ1) is 40.3. The van der Waals surface area contributed by atoms with Crippen LogP contribution in [0, 0.1) is 0 Å². The van der Waals surface area contributed by atoms with Crippen LogP contribution in [-0.4, -0.2) is 0 Å². The molecule has 0 aromatic heterocycles. The van der Waals surface area contributed by atoms with E-state index in [9.17, 15) is 0 Å². The third kappa shape index (κ3) is 7.22. The Balaban J connectivity index is 1.14. The fourth-order valence-electron chi connectivity index (χ4n) is 10.9. The molecule has 1 nitrogen and oxygen atoms in total. The van der Waals surface area contributed by atoms with Crippen LogP contribution in [0.2, 0.25) is 0 Å². The SMILES string of the molecule is CC/C=C\C(Cc1cccc2c1Cc1ccccc1-2)c1ccccc1-c1c(-c2ccccc2)cccc1N(c1cccc(-c2ccccc2)c1)c1ccc2c(c1)C(C)(C)c1ccccc1-2. The molecule has 11 rings (SSSR count). The molecule has 1 atom stereocenters. The van der Waals surface area contributed by atoms with Gasteiger partial charge in [-0.05, 0) is 133 Å². The molecule has 0 saturated heterocycles. The van der Waals surface area contributed by atoms with E-state index in [0.29, 0.717) is 0 Å². The quantitative estimate of drug-likeness (QED) is 0.117. The maximum Gasteiger partial charge on any atom is 0.0546 e. The molecule has 0 amide bonds. The fraction of sp³-hybridized carbons (Fsp3) is 0.125. The molecule has 0 spiro atoms. The molecule has 0 bridgehead atoms. The van der Waals surface area contributed by atoms with E-state index in [4.69, 9.17) is 0 Å². The zero-order valence-corrected chi connectivity index (χ0v) is 37.5. The summed E-state index contributed by atoms with van der Waals surface area (Å²) in [6.45, 7) is 7.01. The van der Waals surface area contributed by atoms with Crippen LogP contribution in [0.15, 0.2) is 224 Å². The van der Waals surface area contributed by atoms with Gasteiger partial charge in [-0.1, -0.05) is 215 Å². The molecule has 9 aromatic rings. The van der Waals surface area contributed by atoms with Crippen molar-refractivity contribution in [3.8, 4) is 55.6 Å². The zero-order valence-electron chi connectivity index (χ0n) is 37.5. The van der Waals surface area contributed by atoms with Gasteiger partial charge in [-0.3, -0.25) is 0 Å². The first-order valence-corrected chi connectivity index (χ1v) is 23.3. The van der Waals surface area contributed by atoms with E-state index in [1.165, 1.54) is 89.0 Å². The van der Waals surface area contributed by atoms with Crippen molar-refractivity contribution < 1.29 is 0 Å². The minimum absolute atomic E-state index is 0.146. The summed E-state index contributed by atoms with van der Waals surface area (Å²) in [7, 11) is 0. The standard InChI is InChI=1S/C64H53N/c1-4-5-21-47(40-48-28-19-35-55-52-30-13-12-26-49(52)42-59(48)55)53-31-14-15-33-58(53)63-54(45-24-10-7-11-25-45)34-20-37-62(63)65(50-29-18-27-46(41-50)44-22-8-6-9-23-44)51-38-39-57-56-32-16-17-36-60(56)64(2,3)61(57)43-51/h5-39,41,43,47H,4,40,42H2,1-3H3/b21-5-.